The van der Waals surface area contributed by atoms with Crippen molar-refractivity contribution < 1.29 is 0 Å². The van der Waals surface area contributed by atoms with E-state index in [2.05, 4.69) is 150 Å². The molecule has 2 heteroatoms. The van der Waals surface area contributed by atoms with Crippen LogP contribution in [0.4, 0.5) is 0 Å². The largest absolute Gasteiger partial charge is 0.293 e. The van der Waals surface area contributed by atoms with E-state index in [-0.39, 0.29) is 0 Å². The number of pyridine rings is 1. The van der Waals surface area contributed by atoms with Crippen LogP contribution in [0.5, 0.6) is 0 Å². The first kappa shape index (κ1) is 23.7. The summed E-state index contributed by atoms with van der Waals surface area (Å²) < 4.78 is 2.38. The van der Waals surface area contributed by atoms with Gasteiger partial charge in [-0.3, -0.25) is 4.57 Å². The average molecular weight is 525 g/mol. The lowest BCUT2D eigenvalue weighted by Gasteiger charge is -2.15. The number of nitrogens with zero attached hydrogens (tertiary/aromatic N) is 2. The molecule has 0 aliphatic heterocycles. The van der Waals surface area contributed by atoms with E-state index in [9.17, 15) is 0 Å². The van der Waals surface area contributed by atoms with Crippen molar-refractivity contribution in [3.05, 3.63) is 151 Å². The van der Waals surface area contributed by atoms with Gasteiger partial charge in [-0.15, -0.1) is 0 Å². The van der Waals surface area contributed by atoms with Crippen molar-refractivity contribution in [1.82, 2.24) is 9.55 Å². The number of allylic oxidation sites excluding steroid dienone is 1. The van der Waals surface area contributed by atoms with Gasteiger partial charge in [-0.2, -0.15) is 0 Å². The fourth-order valence-electron chi connectivity index (χ4n) is 6.38. The van der Waals surface area contributed by atoms with Crippen LogP contribution in [0, 0.1) is 0 Å². The Hall–Kier alpha value is -5.21. The summed E-state index contributed by atoms with van der Waals surface area (Å²) in [6, 6.07) is 47.7. The molecule has 0 N–H and O–H groups in total. The second-order valence-electron chi connectivity index (χ2n) is 10.7. The molecule has 8 rings (SSSR count). The molecule has 0 bridgehead atoms. The number of aryl methyl sites for hydroxylation is 1. The molecule has 0 fully saturated rings. The number of aromatic nitrogens is 2. The summed E-state index contributed by atoms with van der Waals surface area (Å²) in [7, 11) is 0. The van der Waals surface area contributed by atoms with Crippen LogP contribution in [0.15, 0.2) is 140 Å². The van der Waals surface area contributed by atoms with Gasteiger partial charge in [0.05, 0.1) is 16.9 Å². The lowest BCUT2D eigenvalue weighted by Crippen LogP contribution is -2.03. The Morgan fingerprint density at radius 1 is 0.561 bits per heavy atom. The smallest absolute Gasteiger partial charge is 0.138 e. The van der Waals surface area contributed by atoms with Crippen molar-refractivity contribution in [3.63, 3.8) is 0 Å². The van der Waals surface area contributed by atoms with Crippen molar-refractivity contribution in [3.8, 4) is 39.3 Å². The molecular formula is C39H28N2. The average Bonchev–Trinajstić information content (AvgIpc) is 3.40. The van der Waals surface area contributed by atoms with E-state index in [1.807, 2.05) is 0 Å². The molecule has 0 radical (unpaired) electrons. The molecule has 0 spiro atoms. The minimum atomic E-state index is 0.949. The molecule has 194 valence electrons. The topological polar surface area (TPSA) is 17.8 Å². The normalized spacial score (nSPS) is 12.6. The van der Waals surface area contributed by atoms with Crippen LogP contribution < -0.4 is 0 Å². The van der Waals surface area contributed by atoms with Crippen molar-refractivity contribution in [2.24, 2.45) is 0 Å². The van der Waals surface area contributed by atoms with Gasteiger partial charge in [-0.1, -0.05) is 121 Å². The number of fused-ring (bicyclic) bond motifs is 5. The first-order valence-corrected chi connectivity index (χ1v) is 14.3. The first-order valence-electron chi connectivity index (χ1n) is 14.3. The highest BCUT2D eigenvalue weighted by Gasteiger charge is 2.21. The Morgan fingerprint density at radius 2 is 1.32 bits per heavy atom. The number of hydrogen-bond donors (Lipinski definition) is 0. The molecule has 2 heterocycles. The van der Waals surface area contributed by atoms with E-state index in [0.29, 0.717) is 0 Å². The van der Waals surface area contributed by atoms with Gasteiger partial charge in [0.25, 0.3) is 0 Å². The molecule has 1 aliphatic carbocycles. The van der Waals surface area contributed by atoms with Crippen molar-refractivity contribution in [2.45, 2.75) is 12.8 Å². The minimum Gasteiger partial charge on any atom is -0.293 e. The van der Waals surface area contributed by atoms with E-state index in [4.69, 9.17) is 4.98 Å². The maximum absolute atomic E-state index is 5.35. The van der Waals surface area contributed by atoms with E-state index in [1.165, 1.54) is 55.2 Å². The molecule has 0 atom stereocenters. The summed E-state index contributed by atoms with van der Waals surface area (Å²) in [6.45, 7) is 0. The molecule has 2 nitrogen and oxygen atoms in total. The summed E-state index contributed by atoms with van der Waals surface area (Å²) in [5.74, 6) is 0.949. The van der Waals surface area contributed by atoms with Crippen molar-refractivity contribution >= 4 is 27.8 Å². The molecule has 2 aromatic heterocycles. The van der Waals surface area contributed by atoms with E-state index >= 15 is 0 Å². The molecule has 0 amide bonds. The predicted molar refractivity (Wildman–Crippen MR) is 172 cm³/mol. The molecule has 1 aliphatic rings. The standard InChI is InChI=1S/C39H28N2/c1-2-12-27(13-3-1)29-15-10-16-30(26-29)31-17-6-7-19-33(31)36-21-11-23-38(40-36)41-37-22-9-8-20-34(37)35-25-24-28-14-4-5-18-32(28)39(35)41/h1-7,9-19,21-26H,8,20H2. The quantitative estimate of drug-likeness (QED) is 0.224. The van der Waals surface area contributed by atoms with E-state index < -0.39 is 0 Å². The lowest BCUT2D eigenvalue weighted by atomic mass is 9.94. The monoisotopic (exact) mass is 524 g/mol. The summed E-state index contributed by atoms with van der Waals surface area (Å²) >= 11 is 0. The molecule has 0 saturated carbocycles. The molecular weight excluding hydrogens is 496 g/mol. The fourth-order valence-corrected chi connectivity index (χ4v) is 6.38. The Morgan fingerprint density at radius 3 is 2.24 bits per heavy atom. The van der Waals surface area contributed by atoms with Gasteiger partial charge in [-0.25, -0.2) is 4.98 Å². The zero-order valence-electron chi connectivity index (χ0n) is 22.7. The van der Waals surface area contributed by atoms with Gasteiger partial charge < -0.3 is 0 Å². The SMILES string of the molecule is C1=Cc2c(c3ccc4ccccc4c3n2-c2cccc(-c3ccccc3-c3cccc(-c4ccccc4)c3)n2)CC1. The van der Waals surface area contributed by atoms with Gasteiger partial charge in [0.15, 0.2) is 0 Å². The van der Waals surface area contributed by atoms with Gasteiger partial charge in [0, 0.05) is 16.3 Å². The second-order valence-corrected chi connectivity index (χ2v) is 10.7. The Kier molecular flexibility index (Phi) is 5.63. The number of benzene rings is 5. The van der Waals surface area contributed by atoms with Crippen LogP contribution in [0.25, 0.3) is 67.1 Å². The fraction of sp³-hybridized carbons (Fsp3) is 0.0513. The van der Waals surface area contributed by atoms with E-state index in [1.54, 1.807) is 0 Å². The van der Waals surface area contributed by atoms with Crippen LogP contribution in [0.1, 0.15) is 17.7 Å². The second kappa shape index (κ2) is 9.76. The van der Waals surface area contributed by atoms with Crippen LogP contribution in [-0.4, -0.2) is 9.55 Å². The van der Waals surface area contributed by atoms with Gasteiger partial charge in [0.2, 0.25) is 0 Å². The molecule has 7 aromatic rings. The molecule has 0 unspecified atom stereocenters. The Labute approximate surface area is 239 Å². The maximum Gasteiger partial charge on any atom is 0.138 e. The molecule has 0 saturated heterocycles. The maximum atomic E-state index is 5.35. The summed E-state index contributed by atoms with van der Waals surface area (Å²) in [6.07, 6.45) is 6.69. The van der Waals surface area contributed by atoms with Crippen LogP contribution in [0.3, 0.4) is 0 Å². The summed E-state index contributed by atoms with van der Waals surface area (Å²) in [5.41, 5.74) is 10.8. The van der Waals surface area contributed by atoms with Crippen LogP contribution in [0.2, 0.25) is 0 Å². The Bertz CT molecular complexity index is 2100. The Balaban J connectivity index is 1.31. The third kappa shape index (κ3) is 3.99. The van der Waals surface area contributed by atoms with Gasteiger partial charge >= 0.3 is 0 Å². The highest BCUT2D eigenvalue weighted by Crippen LogP contribution is 2.39. The summed E-state index contributed by atoms with van der Waals surface area (Å²) in [4.78, 5) is 5.35. The lowest BCUT2D eigenvalue weighted by molar-refractivity contribution is 0.953. The predicted octanol–water partition coefficient (Wildman–Crippen LogP) is 10.1. The van der Waals surface area contributed by atoms with Gasteiger partial charge in [-0.05, 0) is 70.3 Å². The third-order valence-electron chi connectivity index (χ3n) is 8.28. The highest BCUT2D eigenvalue weighted by molar-refractivity contribution is 6.09. The van der Waals surface area contributed by atoms with Crippen LogP contribution >= 0.6 is 0 Å². The van der Waals surface area contributed by atoms with Crippen molar-refractivity contribution in [1.29, 1.82) is 0 Å². The van der Waals surface area contributed by atoms with Crippen molar-refractivity contribution in [2.75, 3.05) is 0 Å². The first-order chi connectivity index (χ1) is 20.3. The van der Waals surface area contributed by atoms with Gasteiger partial charge in [0.1, 0.15) is 5.82 Å². The molecule has 5 aromatic carbocycles. The summed E-state index contributed by atoms with van der Waals surface area (Å²) in [5, 5.41) is 3.84. The third-order valence-corrected chi connectivity index (χ3v) is 8.28. The molecule has 41 heavy (non-hydrogen) atoms. The zero-order valence-corrected chi connectivity index (χ0v) is 22.7. The minimum absolute atomic E-state index is 0.949. The zero-order chi connectivity index (χ0) is 27.2. The van der Waals surface area contributed by atoms with E-state index in [0.717, 1.165) is 29.9 Å². The highest BCUT2D eigenvalue weighted by atomic mass is 15.1. The number of hydrogen-bond acceptors (Lipinski definition) is 1. The number of rotatable bonds is 4. The van der Waals surface area contributed by atoms with Crippen LogP contribution in [-0.2, 0) is 6.42 Å².